The zero-order valence-electron chi connectivity index (χ0n) is 12.2. The molecule has 120 valence electrons. The second-order valence-corrected chi connectivity index (χ2v) is 5.80. The minimum absolute atomic E-state index is 0.177. The maximum Gasteiger partial charge on any atom is 0.134 e. The van der Waals surface area contributed by atoms with E-state index in [1.807, 2.05) is 24.3 Å². The lowest BCUT2D eigenvalue weighted by Crippen LogP contribution is -2.23. The smallest absolute Gasteiger partial charge is 0.134 e. The highest BCUT2D eigenvalue weighted by Crippen LogP contribution is 2.28. The van der Waals surface area contributed by atoms with E-state index in [-0.39, 0.29) is 6.61 Å². The Labute approximate surface area is 140 Å². The maximum absolute atomic E-state index is 8.64. The van der Waals surface area contributed by atoms with E-state index in [0.717, 1.165) is 36.6 Å². The lowest BCUT2D eigenvalue weighted by Gasteiger charge is -2.04. The van der Waals surface area contributed by atoms with Gasteiger partial charge in [0.25, 0.3) is 0 Å². The summed E-state index contributed by atoms with van der Waals surface area (Å²) in [5.74, 6) is 1.63. The van der Waals surface area contributed by atoms with Gasteiger partial charge >= 0.3 is 0 Å². The molecule has 0 spiro atoms. The number of nitrogens with one attached hydrogen (secondary N) is 2. The molecule has 1 aromatic carbocycles. The number of hydrogen-bond acceptors (Lipinski definition) is 4. The molecule has 0 atom stereocenters. The quantitative estimate of drug-likeness (QED) is 0.612. The van der Waals surface area contributed by atoms with E-state index in [2.05, 4.69) is 10.6 Å². The average molecular weight is 343 g/mol. The van der Waals surface area contributed by atoms with Gasteiger partial charge < -0.3 is 20.2 Å². The molecule has 3 N–H and O–H groups in total. The summed E-state index contributed by atoms with van der Waals surface area (Å²) in [7, 11) is 0. The summed E-state index contributed by atoms with van der Waals surface area (Å²) in [5, 5.41) is 16.3. The fourth-order valence-corrected chi connectivity index (χ4v) is 2.60. The summed E-state index contributed by atoms with van der Waals surface area (Å²) in [5.41, 5.74) is 0.872. The predicted molar refractivity (Wildman–Crippen MR) is 90.4 cm³/mol. The molecular weight excluding hydrogens is 323 g/mol. The zero-order chi connectivity index (χ0) is 15.8. The Balaban J connectivity index is 1.79. The minimum Gasteiger partial charge on any atom is -0.460 e. The molecular formula is C16H20Cl2N2O2. The zero-order valence-corrected chi connectivity index (χ0v) is 13.8. The Hall–Kier alpha value is -1.04. The van der Waals surface area contributed by atoms with E-state index in [0.29, 0.717) is 23.1 Å². The number of halogens is 2. The Morgan fingerprint density at radius 1 is 0.955 bits per heavy atom. The van der Waals surface area contributed by atoms with Crippen LogP contribution in [0.5, 0.6) is 0 Å². The number of aliphatic hydroxyl groups is 1. The standard InChI is InChI=1S/C16H20Cl2N2O2/c17-13-8-12(9-14(18)10-13)16-3-2-15(22-16)11-20-5-1-4-19-6-7-21/h2-3,8-10,19-21H,1,4-7,11H2. The van der Waals surface area contributed by atoms with Gasteiger partial charge in [0, 0.05) is 22.2 Å². The highest BCUT2D eigenvalue weighted by atomic mass is 35.5. The van der Waals surface area contributed by atoms with Crippen molar-refractivity contribution in [1.29, 1.82) is 0 Å². The first-order valence-corrected chi connectivity index (χ1v) is 8.02. The van der Waals surface area contributed by atoms with Crippen LogP contribution in [0.25, 0.3) is 11.3 Å². The van der Waals surface area contributed by atoms with Crippen molar-refractivity contribution in [2.45, 2.75) is 13.0 Å². The van der Waals surface area contributed by atoms with Crippen LogP contribution in [-0.4, -0.2) is 31.3 Å². The van der Waals surface area contributed by atoms with Crippen LogP contribution in [0, 0.1) is 0 Å². The van der Waals surface area contributed by atoms with Crippen molar-refractivity contribution in [3.63, 3.8) is 0 Å². The second kappa shape index (κ2) is 9.18. The molecule has 0 unspecified atom stereocenters. The molecule has 0 saturated carbocycles. The Kier molecular flexibility index (Phi) is 7.22. The third kappa shape index (κ3) is 5.63. The largest absolute Gasteiger partial charge is 0.460 e. The molecule has 0 aliphatic rings. The van der Waals surface area contributed by atoms with Gasteiger partial charge in [-0.15, -0.1) is 0 Å². The fraction of sp³-hybridized carbons (Fsp3) is 0.375. The molecule has 22 heavy (non-hydrogen) atoms. The van der Waals surface area contributed by atoms with Crippen LogP contribution < -0.4 is 10.6 Å². The molecule has 0 radical (unpaired) electrons. The normalized spacial score (nSPS) is 11.0. The fourth-order valence-electron chi connectivity index (χ4n) is 2.08. The summed E-state index contributed by atoms with van der Waals surface area (Å²) in [6.07, 6.45) is 0.997. The first-order chi connectivity index (χ1) is 10.7. The molecule has 1 heterocycles. The number of furan rings is 1. The first kappa shape index (κ1) is 17.3. The van der Waals surface area contributed by atoms with Gasteiger partial charge in [0.1, 0.15) is 11.5 Å². The average Bonchev–Trinajstić information content (AvgIpc) is 2.94. The first-order valence-electron chi connectivity index (χ1n) is 7.26. The Morgan fingerprint density at radius 2 is 1.68 bits per heavy atom. The third-order valence-electron chi connectivity index (χ3n) is 3.10. The lowest BCUT2D eigenvalue weighted by molar-refractivity contribution is 0.292. The van der Waals surface area contributed by atoms with Crippen LogP contribution in [0.4, 0.5) is 0 Å². The number of hydrogen-bond donors (Lipinski definition) is 3. The van der Waals surface area contributed by atoms with E-state index in [9.17, 15) is 0 Å². The maximum atomic E-state index is 8.64. The topological polar surface area (TPSA) is 57.4 Å². The van der Waals surface area contributed by atoms with Crippen LogP contribution in [0.3, 0.4) is 0 Å². The molecule has 0 aliphatic carbocycles. The van der Waals surface area contributed by atoms with E-state index < -0.39 is 0 Å². The summed E-state index contributed by atoms with van der Waals surface area (Å²) >= 11 is 12.0. The summed E-state index contributed by atoms with van der Waals surface area (Å²) in [4.78, 5) is 0. The second-order valence-electron chi connectivity index (χ2n) is 4.93. The van der Waals surface area contributed by atoms with Crippen LogP contribution >= 0.6 is 23.2 Å². The summed E-state index contributed by atoms with van der Waals surface area (Å²) in [6.45, 7) is 3.27. The van der Waals surface area contributed by atoms with Gasteiger partial charge in [0.05, 0.1) is 13.2 Å². The highest BCUT2D eigenvalue weighted by molar-refractivity contribution is 6.35. The van der Waals surface area contributed by atoms with Crippen molar-refractivity contribution >= 4 is 23.2 Å². The van der Waals surface area contributed by atoms with Crippen LogP contribution in [0.15, 0.2) is 34.7 Å². The Bertz CT molecular complexity index is 567. The minimum atomic E-state index is 0.177. The molecule has 2 rings (SSSR count). The molecule has 0 saturated heterocycles. The van der Waals surface area contributed by atoms with Crippen molar-refractivity contribution in [3.05, 3.63) is 46.1 Å². The van der Waals surface area contributed by atoms with Crippen LogP contribution in [0.1, 0.15) is 12.2 Å². The monoisotopic (exact) mass is 342 g/mol. The van der Waals surface area contributed by atoms with Crippen molar-refractivity contribution < 1.29 is 9.52 Å². The van der Waals surface area contributed by atoms with Gasteiger partial charge in [0.15, 0.2) is 0 Å². The van der Waals surface area contributed by atoms with E-state index in [1.165, 1.54) is 0 Å². The lowest BCUT2D eigenvalue weighted by atomic mass is 10.2. The van der Waals surface area contributed by atoms with Gasteiger partial charge in [-0.2, -0.15) is 0 Å². The Morgan fingerprint density at radius 3 is 2.41 bits per heavy atom. The molecule has 0 amide bonds. The van der Waals surface area contributed by atoms with Gasteiger partial charge in [-0.05, 0) is 49.8 Å². The van der Waals surface area contributed by atoms with Crippen LogP contribution in [0.2, 0.25) is 10.0 Å². The van der Waals surface area contributed by atoms with Crippen molar-refractivity contribution in [1.82, 2.24) is 10.6 Å². The molecule has 1 aromatic heterocycles. The molecule has 2 aromatic rings. The molecule has 0 bridgehead atoms. The highest BCUT2D eigenvalue weighted by Gasteiger charge is 2.06. The van der Waals surface area contributed by atoms with Gasteiger partial charge in [-0.25, -0.2) is 0 Å². The SMILES string of the molecule is OCCNCCCNCc1ccc(-c2cc(Cl)cc(Cl)c2)o1. The van der Waals surface area contributed by atoms with Crippen molar-refractivity contribution in [3.8, 4) is 11.3 Å². The van der Waals surface area contributed by atoms with E-state index >= 15 is 0 Å². The summed E-state index contributed by atoms with van der Waals surface area (Å²) in [6, 6.07) is 9.22. The molecule has 0 fully saturated rings. The molecule has 0 aliphatic heterocycles. The van der Waals surface area contributed by atoms with E-state index in [4.69, 9.17) is 32.7 Å². The van der Waals surface area contributed by atoms with E-state index in [1.54, 1.807) is 6.07 Å². The van der Waals surface area contributed by atoms with Gasteiger partial charge in [-0.3, -0.25) is 0 Å². The summed E-state index contributed by atoms with van der Waals surface area (Å²) < 4.78 is 5.80. The third-order valence-corrected chi connectivity index (χ3v) is 3.54. The van der Waals surface area contributed by atoms with Crippen molar-refractivity contribution in [2.75, 3.05) is 26.2 Å². The van der Waals surface area contributed by atoms with Crippen molar-refractivity contribution in [2.24, 2.45) is 0 Å². The predicted octanol–water partition coefficient (Wildman–Crippen LogP) is 3.32. The number of benzene rings is 1. The van der Waals surface area contributed by atoms with Crippen LogP contribution in [-0.2, 0) is 6.54 Å². The number of rotatable bonds is 9. The number of aliphatic hydroxyl groups excluding tert-OH is 1. The van der Waals surface area contributed by atoms with Gasteiger partial charge in [0.2, 0.25) is 0 Å². The van der Waals surface area contributed by atoms with Gasteiger partial charge in [-0.1, -0.05) is 23.2 Å². The molecule has 4 nitrogen and oxygen atoms in total. The molecule has 6 heteroatoms.